The smallest absolute Gasteiger partial charge is 0.353 e. The molecule has 0 unspecified atom stereocenters. The molecule has 1 aromatic heterocycles. The standard InChI is InChI=1S/C11H9ClFN5O2/c1-14-10-9(18(19)20)11(16-5-15-10)17-8-4-6(13)2-3-7(8)12/h2-5H,1H3,(H2,14,15,16,17). The predicted octanol–water partition coefficient (Wildman–Crippen LogP) is 2.96. The molecule has 9 heteroatoms. The first-order valence-corrected chi connectivity index (χ1v) is 5.80. The van der Waals surface area contributed by atoms with Crippen LogP contribution in [-0.4, -0.2) is 21.9 Å². The van der Waals surface area contributed by atoms with Crippen LogP contribution < -0.4 is 10.6 Å². The molecule has 0 fully saturated rings. The molecular formula is C11H9ClFN5O2. The molecule has 0 amide bonds. The number of halogens is 2. The van der Waals surface area contributed by atoms with Crippen molar-refractivity contribution in [2.24, 2.45) is 0 Å². The fourth-order valence-corrected chi connectivity index (χ4v) is 1.71. The molecule has 20 heavy (non-hydrogen) atoms. The topological polar surface area (TPSA) is 93.0 Å². The summed E-state index contributed by atoms with van der Waals surface area (Å²) in [6.45, 7) is 0. The molecule has 0 radical (unpaired) electrons. The molecule has 7 nitrogen and oxygen atoms in total. The van der Waals surface area contributed by atoms with Gasteiger partial charge in [0, 0.05) is 7.05 Å². The van der Waals surface area contributed by atoms with E-state index >= 15 is 0 Å². The third-order valence-electron chi connectivity index (χ3n) is 2.42. The van der Waals surface area contributed by atoms with Gasteiger partial charge in [0.15, 0.2) is 0 Å². The summed E-state index contributed by atoms with van der Waals surface area (Å²) in [4.78, 5) is 18.0. The second kappa shape index (κ2) is 5.66. The third kappa shape index (κ3) is 2.75. The van der Waals surface area contributed by atoms with Gasteiger partial charge in [-0.3, -0.25) is 10.1 Å². The van der Waals surface area contributed by atoms with E-state index in [0.29, 0.717) is 0 Å². The number of anilines is 3. The van der Waals surface area contributed by atoms with Crippen molar-refractivity contribution in [3.63, 3.8) is 0 Å². The lowest BCUT2D eigenvalue weighted by molar-refractivity contribution is -0.383. The summed E-state index contributed by atoms with van der Waals surface area (Å²) in [5.41, 5.74) is -0.175. The SMILES string of the molecule is CNc1ncnc(Nc2cc(F)ccc2Cl)c1[N+](=O)[O-]. The normalized spacial score (nSPS) is 10.2. The monoisotopic (exact) mass is 297 g/mol. The molecule has 2 N–H and O–H groups in total. The minimum atomic E-state index is -0.638. The van der Waals surface area contributed by atoms with Crippen LogP contribution in [0.15, 0.2) is 24.5 Å². The van der Waals surface area contributed by atoms with Crippen molar-refractivity contribution in [3.05, 3.63) is 45.5 Å². The van der Waals surface area contributed by atoms with Crippen LogP contribution in [-0.2, 0) is 0 Å². The molecule has 2 aromatic rings. The van der Waals surface area contributed by atoms with Gasteiger partial charge >= 0.3 is 5.69 Å². The van der Waals surface area contributed by atoms with E-state index in [-0.39, 0.29) is 28.0 Å². The molecule has 0 atom stereocenters. The molecule has 1 heterocycles. The number of nitro groups is 1. The van der Waals surface area contributed by atoms with E-state index in [1.807, 2.05) is 0 Å². The fraction of sp³-hybridized carbons (Fsp3) is 0.0909. The maximum absolute atomic E-state index is 13.2. The van der Waals surface area contributed by atoms with Gasteiger partial charge < -0.3 is 10.6 Å². The van der Waals surface area contributed by atoms with Crippen molar-refractivity contribution in [2.45, 2.75) is 0 Å². The second-order valence-corrected chi connectivity index (χ2v) is 4.08. The number of hydrogen-bond donors (Lipinski definition) is 2. The van der Waals surface area contributed by atoms with Crippen molar-refractivity contribution in [1.82, 2.24) is 9.97 Å². The maximum atomic E-state index is 13.2. The van der Waals surface area contributed by atoms with Crippen molar-refractivity contribution in [1.29, 1.82) is 0 Å². The largest absolute Gasteiger partial charge is 0.367 e. The third-order valence-corrected chi connectivity index (χ3v) is 2.75. The highest BCUT2D eigenvalue weighted by molar-refractivity contribution is 6.33. The lowest BCUT2D eigenvalue weighted by Gasteiger charge is -2.09. The number of hydrogen-bond acceptors (Lipinski definition) is 6. The van der Waals surface area contributed by atoms with E-state index in [9.17, 15) is 14.5 Å². The Bertz CT molecular complexity index is 667. The second-order valence-electron chi connectivity index (χ2n) is 3.68. The van der Waals surface area contributed by atoms with Crippen LogP contribution in [0.1, 0.15) is 0 Å². The minimum Gasteiger partial charge on any atom is -0.367 e. The van der Waals surface area contributed by atoms with Crippen molar-refractivity contribution >= 4 is 34.6 Å². The molecule has 0 aliphatic carbocycles. The van der Waals surface area contributed by atoms with Gasteiger partial charge in [-0.05, 0) is 18.2 Å². The molecular weight excluding hydrogens is 289 g/mol. The van der Waals surface area contributed by atoms with E-state index in [2.05, 4.69) is 20.6 Å². The van der Waals surface area contributed by atoms with E-state index in [4.69, 9.17) is 11.6 Å². The number of rotatable bonds is 4. The summed E-state index contributed by atoms with van der Waals surface area (Å²) >= 11 is 5.89. The summed E-state index contributed by atoms with van der Waals surface area (Å²) in [5.74, 6) is -0.565. The Balaban J connectivity index is 2.48. The van der Waals surface area contributed by atoms with Crippen LogP contribution in [0, 0.1) is 15.9 Å². The Hall–Kier alpha value is -2.48. The summed E-state index contributed by atoms with van der Waals surface area (Å²) in [6, 6.07) is 3.64. The van der Waals surface area contributed by atoms with Crippen LogP contribution in [0.5, 0.6) is 0 Å². The number of nitrogens with zero attached hydrogens (tertiary/aromatic N) is 3. The molecule has 1 aromatic carbocycles. The van der Waals surface area contributed by atoms with Crippen LogP contribution in [0.25, 0.3) is 0 Å². The number of nitrogens with one attached hydrogen (secondary N) is 2. The Morgan fingerprint density at radius 3 is 2.70 bits per heavy atom. The highest BCUT2D eigenvalue weighted by atomic mass is 35.5. The van der Waals surface area contributed by atoms with Gasteiger partial charge in [-0.1, -0.05) is 11.6 Å². The lowest BCUT2D eigenvalue weighted by atomic mass is 10.3. The average Bonchev–Trinajstić information content (AvgIpc) is 2.42. The van der Waals surface area contributed by atoms with E-state index in [1.54, 1.807) is 0 Å². The minimum absolute atomic E-state index is 0.0417. The molecule has 2 rings (SSSR count). The highest BCUT2D eigenvalue weighted by Crippen LogP contribution is 2.33. The van der Waals surface area contributed by atoms with Gasteiger partial charge in [0.05, 0.1) is 15.6 Å². The van der Waals surface area contributed by atoms with Gasteiger partial charge in [-0.2, -0.15) is 0 Å². The van der Waals surface area contributed by atoms with E-state index in [0.717, 1.165) is 12.4 Å². The van der Waals surface area contributed by atoms with Gasteiger partial charge in [-0.25, -0.2) is 14.4 Å². The van der Waals surface area contributed by atoms with E-state index in [1.165, 1.54) is 19.2 Å². The van der Waals surface area contributed by atoms with Crippen molar-refractivity contribution in [2.75, 3.05) is 17.7 Å². The van der Waals surface area contributed by atoms with Gasteiger partial charge in [0.1, 0.15) is 12.1 Å². The molecule has 0 aliphatic rings. The zero-order chi connectivity index (χ0) is 14.7. The molecule has 0 aliphatic heterocycles. The highest BCUT2D eigenvalue weighted by Gasteiger charge is 2.22. The zero-order valence-electron chi connectivity index (χ0n) is 10.2. The van der Waals surface area contributed by atoms with Gasteiger partial charge in [-0.15, -0.1) is 0 Å². The zero-order valence-corrected chi connectivity index (χ0v) is 11.0. The predicted molar refractivity (Wildman–Crippen MR) is 72.9 cm³/mol. The van der Waals surface area contributed by atoms with E-state index < -0.39 is 10.7 Å². The summed E-state index contributed by atoms with van der Waals surface area (Å²) in [6.07, 6.45) is 1.15. The molecule has 104 valence electrons. The Morgan fingerprint density at radius 2 is 2.05 bits per heavy atom. The summed E-state index contributed by atoms with van der Waals surface area (Å²) in [7, 11) is 1.49. The first kappa shape index (κ1) is 13.9. The first-order valence-electron chi connectivity index (χ1n) is 5.42. The Morgan fingerprint density at radius 1 is 1.35 bits per heavy atom. The van der Waals surface area contributed by atoms with Crippen LogP contribution in [0.2, 0.25) is 5.02 Å². The molecule has 0 saturated carbocycles. The van der Waals surface area contributed by atoms with Gasteiger partial charge in [0.2, 0.25) is 11.6 Å². The van der Waals surface area contributed by atoms with Crippen LogP contribution in [0.3, 0.4) is 0 Å². The fourth-order valence-electron chi connectivity index (χ4n) is 1.55. The lowest BCUT2D eigenvalue weighted by Crippen LogP contribution is -2.05. The van der Waals surface area contributed by atoms with Crippen molar-refractivity contribution in [3.8, 4) is 0 Å². The average molecular weight is 298 g/mol. The quantitative estimate of drug-likeness (QED) is 0.665. The molecule has 0 spiro atoms. The number of aromatic nitrogens is 2. The van der Waals surface area contributed by atoms with Crippen molar-refractivity contribution < 1.29 is 9.31 Å². The Labute approximate surface area is 118 Å². The van der Waals surface area contributed by atoms with Crippen LogP contribution >= 0.6 is 11.6 Å². The first-order chi connectivity index (χ1) is 9.52. The van der Waals surface area contributed by atoms with Crippen LogP contribution in [0.4, 0.5) is 27.4 Å². The number of benzene rings is 1. The Kier molecular flexibility index (Phi) is 3.94. The molecule has 0 saturated heterocycles. The van der Waals surface area contributed by atoms with Gasteiger partial charge in [0.25, 0.3) is 0 Å². The maximum Gasteiger partial charge on any atom is 0.353 e. The molecule has 0 bridgehead atoms. The summed E-state index contributed by atoms with van der Waals surface area (Å²) < 4.78 is 13.2. The summed E-state index contributed by atoms with van der Waals surface area (Å²) in [5, 5.41) is 16.5.